The topological polar surface area (TPSA) is 21.3 Å². The highest BCUT2D eigenvalue weighted by Crippen LogP contribution is 2.29. The van der Waals surface area contributed by atoms with E-state index in [0.29, 0.717) is 5.02 Å². The van der Waals surface area contributed by atoms with Crippen LogP contribution in [-0.4, -0.2) is 7.11 Å². The molecule has 90 valence electrons. The zero-order valence-electron chi connectivity index (χ0n) is 9.17. The third-order valence-electron chi connectivity index (χ3n) is 2.30. The Morgan fingerprint density at radius 2 is 2.24 bits per heavy atom. The summed E-state index contributed by atoms with van der Waals surface area (Å²) in [4.78, 5) is 1.24. The number of halogens is 2. The van der Waals surface area contributed by atoms with Crippen LogP contribution in [0.1, 0.15) is 4.88 Å². The van der Waals surface area contributed by atoms with Gasteiger partial charge in [0.2, 0.25) is 0 Å². The number of benzene rings is 1. The van der Waals surface area contributed by atoms with Crippen LogP contribution in [0.2, 0.25) is 5.02 Å². The Morgan fingerprint density at radius 3 is 2.88 bits per heavy atom. The van der Waals surface area contributed by atoms with Gasteiger partial charge in [-0.3, -0.25) is 0 Å². The Bertz CT molecular complexity index is 515. The first kappa shape index (κ1) is 12.7. The minimum atomic E-state index is 0.693. The van der Waals surface area contributed by atoms with Crippen molar-refractivity contribution in [2.45, 2.75) is 6.54 Å². The number of methoxy groups -OCH3 is 1. The van der Waals surface area contributed by atoms with Crippen LogP contribution in [0.3, 0.4) is 0 Å². The Kier molecular flexibility index (Phi) is 4.31. The molecule has 1 N–H and O–H groups in total. The minimum absolute atomic E-state index is 0.693. The molecule has 1 heterocycles. The average molecular weight is 333 g/mol. The van der Waals surface area contributed by atoms with Gasteiger partial charge in [0.05, 0.1) is 24.4 Å². The smallest absolute Gasteiger partial charge is 0.121 e. The van der Waals surface area contributed by atoms with Gasteiger partial charge in [-0.05, 0) is 39.5 Å². The van der Waals surface area contributed by atoms with E-state index in [-0.39, 0.29) is 0 Å². The molecule has 0 bridgehead atoms. The minimum Gasteiger partial charge on any atom is -0.497 e. The van der Waals surface area contributed by atoms with E-state index in [1.54, 1.807) is 18.4 Å². The number of nitrogens with one attached hydrogen (secondary N) is 1. The monoisotopic (exact) mass is 331 g/mol. The van der Waals surface area contributed by atoms with E-state index in [1.165, 1.54) is 4.88 Å². The van der Waals surface area contributed by atoms with Crippen LogP contribution < -0.4 is 10.1 Å². The van der Waals surface area contributed by atoms with Crippen molar-refractivity contribution in [2.75, 3.05) is 12.4 Å². The summed E-state index contributed by atoms with van der Waals surface area (Å²) in [5.74, 6) is 0.794. The van der Waals surface area contributed by atoms with E-state index in [9.17, 15) is 0 Å². The van der Waals surface area contributed by atoms with E-state index in [4.69, 9.17) is 16.3 Å². The van der Waals surface area contributed by atoms with Gasteiger partial charge in [0.25, 0.3) is 0 Å². The van der Waals surface area contributed by atoms with Crippen LogP contribution in [0.25, 0.3) is 0 Å². The lowest BCUT2D eigenvalue weighted by Gasteiger charge is -2.09. The summed E-state index contributed by atoms with van der Waals surface area (Å²) in [6, 6.07) is 7.60. The number of thiophene rings is 1. The van der Waals surface area contributed by atoms with Crippen LogP contribution in [0.5, 0.6) is 5.75 Å². The van der Waals surface area contributed by atoms with Crippen LogP contribution in [0.4, 0.5) is 5.69 Å². The predicted molar refractivity (Wildman–Crippen MR) is 77.3 cm³/mol. The molecule has 2 nitrogen and oxygen atoms in total. The molecule has 2 rings (SSSR count). The Balaban J connectivity index is 2.11. The quantitative estimate of drug-likeness (QED) is 0.869. The van der Waals surface area contributed by atoms with Crippen molar-refractivity contribution in [3.63, 3.8) is 0 Å². The largest absolute Gasteiger partial charge is 0.497 e. The standard InChI is InChI=1S/C12H11BrClNOS/c1-16-8-2-3-10(14)11(6-8)15-7-12-9(13)4-5-17-12/h2-6,15H,7H2,1H3. The average Bonchev–Trinajstić information content (AvgIpc) is 2.74. The Morgan fingerprint density at radius 1 is 1.41 bits per heavy atom. The van der Waals surface area contributed by atoms with Gasteiger partial charge in [-0.15, -0.1) is 11.3 Å². The number of rotatable bonds is 4. The molecule has 17 heavy (non-hydrogen) atoms. The fraction of sp³-hybridized carbons (Fsp3) is 0.167. The molecule has 0 unspecified atom stereocenters. The molecular weight excluding hydrogens is 322 g/mol. The first-order chi connectivity index (χ1) is 8.20. The maximum absolute atomic E-state index is 6.11. The van der Waals surface area contributed by atoms with Gasteiger partial charge in [-0.25, -0.2) is 0 Å². The molecule has 0 aliphatic rings. The van der Waals surface area contributed by atoms with Crippen molar-refractivity contribution in [1.82, 2.24) is 0 Å². The second kappa shape index (κ2) is 5.76. The normalized spacial score (nSPS) is 10.3. The molecule has 0 aliphatic carbocycles. The lowest BCUT2D eigenvalue weighted by Crippen LogP contribution is -1.99. The first-order valence-corrected chi connectivity index (χ1v) is 7.05. The fourth-order valence-corrected chi connectivity index (χ4v) is 3.01. The zero-order valence-corrected chi connectivity index (χ0v) is 12.3. The molecular formula is C12H11BrClNOS. The van der Waals surface area contributed by atoms with E-state index < -0.39 is 0 Å². The van der Waals surface area contributed by atoms with Gasteiger partial charge < -0.3 is 10.1 Å². The SMILES string of the molecule is COc1ccc(Cl)c(NCc2sccc2Br)c1. The molecule has 1 aromatic heterocycles. The summed E-state index contributed by atoms with van der Waals surface area (Å²) in [7, 11) is 1.64. The van der Waals surface area contributed by atoms with Gasteiger partial charge in [0.15, 0.2) is 0 Å². The van der Waals surface area contributed by atoms with Crippen LogP contribution in [-0.2, 0) is 6.54 Å². The van der Waals surface area contributed by atoms with Gasteiger partial charge in [-0.1, -0.05) is 11.6 Å². The van der Waals surface area contributed by atoms with Crippen LogP contribution in [0.15, 0.2) is 34.1 Å². The van der Waals surface area contributed by atoms with Gasteiger partial charge in [-0.2, -0.15) is 0 Å². The van der Waals surface area contributed by atoms with Crippen molar-refractivity contribution < 1.29 is 4.74 Å². The van der Waals surface area contributed by atoms with Crippen molar-refractivity contribution >= 4 is 44.6 Å². The molecule has 1 aromatic carbocycles. The Hall–Kier alpha value is -0.710. The van der Waals surface area contributed by atoms with Gasteiger partial charge in [0.1, 0.15) is 5.75 Å². The molecule has 0 aliphatic heterocycles. The van der Waals surface area contributed by atoms with Gasteiger partial charge in [0, 0.05) is 15.4 Å². The molecule has 0 radical (unpaired) electrons. The fourth-order valence-electron chi connectivity index (χ4n) is 1.39. The number of hydrogen-bond acceptors (Lipinski definition) is 3. The second-order valence-electron chi connectivity index (χ2n) is 3.39. The Labute approximate surface area is 118 Å². The molecule has 0 amide bonds. The number of anilines is 1. The summed E-state index contributed by atoms with van der Waals surface area (Å²) in [5, 5.41) is 6.04. The molecule has 0 atom stereocenters. The van der Waals surface area contributed by atoms with E-state index >= 15 is 0 Å². The summed E-state index contributed by atoms with van der Waals surface area (Å²) in [5.41, 5.74) is 0.881. The first-order valence-electron chi connectivity index (χ1n) is 5.00. The lowest BCUT2D eigenvalue weighted by atomic mass is 10.3. The highest BCUT2D eigenvalue weighted by atomic mass is 79.9. The third kappa shape index (κ3) is 3.15. The molecule has 0 spiro atoms. The van der Waals surface area contributed by atoms with Crippen molar-refractivity contribution in [1.29, 1.82) is 0 Å². The van der Waals surface area contributed by atoms with Crippen LogP contribution >= 0.6 is 38.9 Å². The predicted octanol–water partition coefficient (Wildman–Crippen LogP) is 4.78. The molecule has 0 fully saturated rings. The van der Waals surface area contributed by atoms with Crippen molar-refractivity contribution in [3.8, 4) is 5.75 Å². The second-order valence-corrected chi connectivity index (χ2v) is 5.65. The van der Waals surface area contributed by atoms with Crippen molar-refractivity contribution in [3.05, 3.63) is 44.0 Å². The van der Waals surface area contributed by atoms with Crippen LogP contribution in [0, 0.1) is 0 Å². The van der Waals surface area contributed by atoms with Crippen molar-refractivity contribution in [2.24, 2.45) is 0 Å². The third-order valence-corrected chi connectivity index (χ3v) is 4.56. The molecule has 0 saturated heterocycles. The van der Waals surface area contributed by atoms with Gasteiger partial charge >= 0.3 is 0 Å². The maximum atomic E-state index is 6.11. The summed E-state index contributed by atoms with van der Waals surface area (Å²) < 4.78 is 6.28. The van der Waals surface area contributed by atoms with E-state index in [1.807, 2.05) is 29.6 Å². The number of hydrogen-bond donors (Lipinski definition) is 1. The van der Waals surface area contributed by atoms with E-state index in [2.05, 4.69) is 21.2 Å². The van der Waals surface area contributed by atoms with E-state index in [0.717, 1.165) is 22.5 Å². The summed E-state index contributed by atoms with van der Waals surface area (Å²) in [6.07, 6.45) is 0. The molecule has 0 saturated carbocycles. The highest BCUT2D eigenvalue weighted by molar-refractivity contribution is 9.10. The molecule has 5 heteroatoms. The highest BCUT2D eigenvalue weighted by Gasteiger charge is 2.04. The summed E-state index contributed by atoms with van der Waals surface area (Å²) >= 11 is 11.3. The summed E-state index contributed by atoms with van der Waals surface area (Å²) in [6.45, 7) is 0.741. The number of ether oxygens (including phenoxy) is 1. The zero-order chi connectivity index (χ0) is 12.3. The maximum Gasteiger partial charge on any atom is 0.121 e. The lowest BCUT2D eigenvalue weighted by molar-refractivity contribution is 0.415. The molecule has 2 aromatic rings.